The first-order chi connectivity index (χ1) is 16.8. The summed E-state index contributed by atoms with van der Waals surface area (Å²) in [5.74, 6) is -7.29. The molecule has 2 aliphatic rings. The predicted octanol–water partition coefficient (Wildman–Crippen LogP) is 6.67. The summed E-state index contributed by atoms with van der Waals surface area (Å²) in [5, 5.41) is 0. The largest absolute Gasteiger partial charge is 0.462 e. The Labute approximate surface area is 207 Å². The molecule has 2 aliphatic carbocycles. The number of alkyl halides is 4. The Morgan fingerprint density at radius 2 is 1.81 bits per heavy atom. The number of nitrogens with one attached hydrogen (secondary N) is 1. The van der Waals surface area contributed by atoms with E-state index in [2.05, 4.69) is 9.97 Å². The molecule has 0 spiro atoms. The third kappa shape index (κ3) is 5.06. The Hall–Kier alpha value is -2.71. The minimum absolute atomic E-state index is 0.0633. The first-order valence-corrected chi connectivity index (χ1v) is 12.5. The maximum atomic E-state index is 13.9. The third-order valence-corrected chi connectivity index (χ3v) is 7.73. The van der Waals surface area contributed by atoms with E-state index in [1.807, 2.05) is 6.07 Å². The van der Waals surface area contributed by atoms with Gasteiger partial charge in [0, 0.05) is 53.4 Å². The second-order valence-corrected chi connectivity index (χ2v) is 10.3. The molecule has 2 saturated carbocycles. The predicted molar refractivity (Wildman–Crippen MR) is 128 cm³/mol. The number of esters is 1. The maximum Gasteiger partial charge on any atom is 0.343 e. The van der Waals surface area contributed by atoms with Crippen molar-refractivity contribution in [3.05, 3.63) is 50.6 Å². The number of pyridine rings is 2. The van der Waals surface area contributed by atoms with E-state index in [0.717, 1.165) is 12.5 Å². The molecule has 2 fully saturated rings. The Morgan fingerprint density at radius 3 is 2.36 bits per heavy atom. The summed E-state index contributed by atoms with van der Waals surface area (Å²) in [5.41, 5.74) is 2.63. The minimum atomic E-state index is -2.75. The highest BCUT2D eigenvalue weighted by molar-refractivity contribution is 5.91. The fourth-order valence-electron chi connectivity index (χ4n) is 5.57. The molecule has 0 atom stereocenters. The van der Waals surface area contributed by atoms with E-state index >= 15 is 0 Å². The molecule has 0 amide bonds. The minimum Gasteiger partial charge on any atom is -0.462 e. The summed E-state index contributed by atoms with van der Waals surface area (Å²) in [6, 6.07) is 1.82. The fourth-order valence-corrected chi connectivity index (χ4v) is 5.57. The van der Waals surface area contributed by atoms with E-state index in [1.165, 1.54) is 0 Å². The lowest BCUT2D eigenvalue weighted by molar-refractivity contribution is -0.0876. The molecular weight excluding hydrogens is 476 g/mol. The number of carbonyl (C=O) groups is 1. The van der Waals surface area contributed by atoms with E-state index in [0.29, 0.717) is 53.9 Å². The quantitative estimate of drug-likeness (QED) is 0.349. The van der Waals surface area contributed by atoms with E-state index in [4.69, 9.17) is 4.74 Å². The Bertz CT molecular complexity index is 1200. The molecule has 36 heavy (non-hydrogen) atoms. The summed E-state index contributed by atoms with van der Waals surface area (Å²) >= 11 is 0. The molecule has 2 heterocycles. The van der Waals surface area contributed by atoms with Crippen molar-refractivity contribution in [1.29, 1.82) is 0 Å². The zero-order valence-electron chi connectivity index (χ0n) is 21.0. The zero-order valence-corrected chi connectivity index (χ0v) is 21.0. The number of aromatic amines is 1. The van der Waals surface area contributed by atoms with Crippen molar-refractivity contribution < 1.29 is 27.1 Å². The summed E-state index contributed by atoms with van der Waals surface area (Å²) < 4.78 is 60.0. The second kappa shape index (κ2) is 9.63. The summed E-state index contributed by atoms with van der Waals surface area (Å²) in [7, 11) is 0. The molecule has 2 aromatic rings. The number of aryl methyl sites for hydroxylation is 1. The van der Waals surface area contributed by atoms with Crippen LogP contribution in [0.4, 0.5) is 17.6 Å². The maximum absolute atomic E-state index is 13.9. The van der Waals surface area contributed by atoms with Crippen LogP contribution in [-0.4, -0.2) is 34.4 Å². The highest BCUT2D eigenvalue weighted by Gasteiger charge is 2.47. The van der Waals surface area contributed by atoms with Gasteiger partial charge in [-0.25, -0.2) is 22.4 Å². The van der Waals surface area contributed by atoms with Crippen LogP contribution >= 0.6 is 0 Å². The highest BCUT2D eigenvalue weighted by Crippen LogP contribution is 2.50. The van der Waals surface area contributed by atoms with Crippen LogP contribution in [0.25, 0.3) is 11.3 Å². The topological polar surface area (TPSA) is 72.1 Å². The number of nitrogens with zero attached hydrogens (tertiary/aromatic N) is 1. The van der Waals surface area contributed by atoms with Gasteiger partial charge < -0.3 is 9.72 Å². The lowest BCUT2D eigenvalue weighted by Crippen LogP contribution is -2.34. The second-order valence-electron chi connectivity index (χ2n) is 10.3. The van der Waals surface area contributed by atoms with Crippen molar-refractivity contribution in [2.75, 3.05) is 6.61 Å². The smallest absolute Gasteiger partial charge is 0.343 e. The number of hydrogen-bond acceptors (Lipinski definition) is 4. The summed E-state index contributed by atoms with van der Waals surface area (Å²) in [4.78, 5) is 33.1. The molecule has 0 saturated heterocycles. The normalized spacial score (nSPS) is 22.2. The van der Waals surface area contributed by atoms with Crippen LogP contribution in [0, 0.1) is 19.8 Å². The molecule has 0 radical (unpaired) electrons. The van der Waals surface area contributed by atoms with Gasteiger partial charge in [-0.15, -0.1) is 0 Å². The van der Waals surface area contributed by atoms with Gasteiger partial charge in [0.25, 0.3) is 0 Å². The molecule has 196 valence electrons. The third-order valence-electron chi connectivity index (χ3n) is 7.73. The van der Waals surface area contributed by atoms with Crippen LogP contribution in [0.1, 0.15) is 97.1 Å². The van der Waals surface area contributed by atoms with Crippen molar-refractivity contribution in [2.24, 2.45) is 5.92 Å². The highest BCUT2D eigenvalue weighted by atomic mass is 19.3. The number of carbonyl (C=O) groups excluding carboxylic acids is 1. The van der Waals surface area contributed by atoms with Gasteiger partial charge in [-0.3, -0.25) is 9.78 Å². The Kier molecular flexibility index (Phi) is 7.05. The van der Waals surface area contributed by atoms with Crippen molar-refractivity contribution in [3.8, 4) is 11.3 Å². The van der Waals surface area contributed by atoms with Crippen molar-refractivity contribution in [1.82, 2.24) is 9.97 Å². The van der Waals surface area contributed by atoms with E-state index in [-0.39, 0.29) is 36.8 Å². The van der Waals surface area contributed by atoms with Crippen molar-refractivity contribution in [3.63, 3.8) is 0 Å². The first-order valence-electron chi connectivity index (χ1n) is 12.5. The first kappa shape index (κ1) is 26.4. The molecule has 5 nitrogen and oxygen atoms in total. The Balaban J connectivity index is 1.77. The fraction of sp³-hybridized carbons (Fsp3) is 0.593. The van der Waals surface area contributed by atoms with E-state index in [1.54, 1.807) is 27.0 Å². The van der Waals surface area contributed by atoms with Gasteiger partial charge in [0.1, 0.15) is 5.56 Å². The molecule has 0 unspecified atom stereocenters. The van der Waals surface area contributed by atoms with Gasteiger partial charge in [-0.2, -0.15) is 0 Å². The van der Waals surface area contributed by atoms with E-state index < -0.39 is 29.2 Å². The molecule has 2 aromatic heterocycles. The molecule has 0 bridgehead atoms. The van der Waals surface area contributed by atoms with Crippen LogP contribution in [0.15, 0.2) is 17.1 Å². The van der Waals surface area contributed by atoms with Gasteiger partial charge >= 0.3 is 5.97 Å². The molecular formula is C27H32F4N2O3. The van der Waals surface area contributed by atoms with Crippen LogP contribution in [0.3, 0.4) is 0 Å². The number of hydrogen-bond donors (Lipinski definition) is 1. The lowest BCUT2D eigenvalue weighted by Gasteiger charge is -2.36. The van der Waals surface area contributed by atoms with Crippen molar-refractivity contribution >= 4 is 5.97 Å². The average Bonchev–Trinajstić information content (AvgIpc) is 2.79. The van der Waals surface area contributed by atoms with Gasteiger partial charge in [-0.05, 0) is 70.9 Å². The molecule has 4 rings (SSSR count). The van der Waals surface area contributed by atoms with Crippen LogP contribution < -0.4 is 5.43 Å². The average molecular weight is 509 g/mol. The number of halogens is 4. The SMILES string of the molecule is CCOC(=O)c1c(C)[nH]c(-c2cnc(C3CC(F)(F)C3)cc2C2CCC(C(C)(F)F)CC2)c(C)c1=O. The Morgan fingerprint density at radius 1 is 1.17 bits per heavy atom. The number of aromatic nitrogens is 2. The van der Waals surface area contributed by atoms with Gasteiger partial charge in [0.15, 0.2) is 5.43 Å². The van der Waals surface area contributed by atoms with Crippen molar-refractivity contribution in [2.45, 2.75) is 89.9 Å². The molecule has 1 N–H and O–H groups in total. The summed E-state index contributed by atoms with van der Waals surface area (Å²) in [6.07, 6.45) is 2.80. The summed E-state index contributed by atoms with van der Waals surface area (Å²) in [6.45, 7) is 5.96. The van der Waals surface area contributed by atoms with Gasteiger partial charge in [-0.1, -0.05) is 0 Å². The van der Waals surface area contributed by atoms with Crippen LogP contribution in [0.2, 0.25) is 0 Å². The van der Waals surface area contributed by atoms with Crippen LogP contribution in [-0.2, 0) is 4.74 Å². The standard InChI is InChI=1S/C27H32F4N2O3/c1-5-36-25(35)22-15(3)33-23(14(2)24(22)34)20-13-32-21(17-11-27(30,31)12-17)10-19(20)16-6-8-18(9-7-16)26(4,28)29/h10,13,16-18H,5-9,11-12H2,1-4H3,(H,33,34). The lowest BCUT2D eigenvalue weighted by atomic mass is 9.73. The monoisotopic (exact) mass is 508 g/mol. The number of H-pyrrole nitrogens is 1. The van der Waals surface area contributed by atoms with Gasteiger partial charge in [0.05, 0.1) is 12.3 Å². The zero-order chi connectivity index (χ0) is 26.4. The molecule has 0 aliphatic heterocycles. The van der Waals surface area contributed by atoms with Gasteiger partial charge in [0.2, 0.25) is 11.8 Å². The number of ether oxygens (including phenoxy) is 1. The number of rotatable bonds is 6. The van der Waals surface area contributed by atoms with Crippen LogP contribution in [0.5, 0.6) is 0 Å². The molecule has 0 aromatic carbocycles. The van der Waals surface area contributed by atoms with E-state index in [9.17, 15) is 27.2 Å². The molecule has 9 heteroatoms.